The van der Waals surface area contributed by atoms with Crippen molar-refractivity contribution in [1.29, 1.82) is 0 Å². The van der Waals surface area contributed by atoms with E-state index in [2.05, 4.69) is 15.7 Å². The van der Waals surface area contributed by atoms with E-state index >= 15 is 0 Å². The van der Waals surface area contributed by atoms with Gasteiger partial charge in [0.05, 0.1) is 17.4 Å². The number of primary amides is 1. The van der Waals surface area contributed by atoms with Crippen molar-refractivity contribution in [3.05, 3.63) is 28.4 Å². The molecule has 0 aliphatic carbocycles. The third kappa shape index (κ3) is 2.97. The van der Waals surface area contributed by atoms with Crippen LogP contribution in [-0.2, 0) is 13.6 Å². The fourth-order valence-electron chi connectivity index (χ4n) is 1.84. The molecule has 0 aromatic carbocycles. The number of nitrogens with zero attached hydrogens (tertiary/aromatic N) is 2. The SMILES string of the molecule is CNC(=O)c1sc(NCc2cnn(C)c2)c(C(N)=O)c1N. The zero-order chi connectivity index (χ0) is 15.6. The number of nitrogen functional groups attached to an aromatic ring is 1. The number of rotatable bonds is 5. The van der Waals surface area contributed by atoms with Crippen molar-refractivity contribution in [2.45, 2.75) is 6.54 Å². The van der Waals surface area contributed by atoms with E-state index in [0.29, 0.717) is 11.5 Å². The van der Waals surface area contributed by atoms with Crippen LogP contribution in [-0.4, -0.2) is 28.6 Å². The number of aromatic nitrogens is 2. The van der Waals surface area contributed by atoms with Crippen molar-refractivity contribution in [3.8, 4) is 0 Å². The number of hydrogen-bond donors (Lipinski definition) is 4. The molecule has 2 aromatic heterocycles. The molecule has 8 nitrogen and oxygen atoms in total. The molecule has 21 heavy (non-hydrogen) atoms. The fraction of sp³-hybridized carbons (Fsp3) is 0.250. The quantitative estimate of drug-likeness (QED) is 0.624. The van der Waals surface area contributed by atoms with Gasteiger partial charge in [0.2, 0.25) is 0 Å². The van der Waals surface area contributed by atoms with Crippen LogP contribution in [0.3, 0.4) is 0 Å². The summed E-state index contributed by atoms with van der Waals surface area (Å²) in [6.45, 7) is 0.446. The topological polar surface area (TPSA) is 128 Å². The molecule has 2 heterocycles. The fourth-order valence-corrected chi connectivity index (χ4v) is 2.91. The number of anilines is 2. The Hall–Kier alpha value is -2.55. The molecule has 0 fully saturated rings. The highest BCUT2D eigenvalue weighted by Crippen LogP contribution is 2.35. The molecule has 0 saturated heterocycles. The Morgan fingerprint density at radius 2 is 2.19 bits per heavy atom. The van der Waals surface area contributed by atoms with Gasteiger partial charge >= 0.3 is 0 Å². The molecule has 0 radical (unpaired) electrons. The summed E-state index contributed by atoms with van der Waals surface area (Å²) in [7, 11) is 3.30. The van der Waals surface area contributed by atoms with Crippen molar-refractivity contribution in [1.82, 2.24) is 15.1 Å². The Balaban J connectivity index is 2.29. The summed E-state index contributed by atoms with van der Waals surface area (Å²) in [5.74, 6) is -1.03. The first kappa shape index (κ1) is 14.9. The Morgan fingerprint density at radius 3 is 2.71 bits per heavy atom. The van der Waals surface area contributed by atoms with Crippen LogP contribution in [0.2, 0.25) is 0 Å². The second-order valence-corrected chi connectivity index (χ2v) is 5.39. The van der Waals surface area contributed by atoms with Gasteiger partial charge in [0, 0.05) is 32.4 Å². The van der Waals surface area contributed by atoms with E-state index in [9.17, 15) is 9.59 Å². The van der Waals surface area contributed by atoms with Gasteiger partial charge in [0.25, 0.3) is 11.8 Å². The third-order valence-corrected chi connectivity index (χ3v) is 4.00. The van der Waals surface area contributed by atoms with E-state index in [1.165, 1.54) is 7.05 Å². The smallest absolute Gasteiger partial charge is 0.263 e. The minimum atomic E-state index is -0.674. The molecular formula is C12H16N6O2S. The first-order valence-corrected chi connectivity index (χ1v) is 6.91. The second kappa shape index (κ2) is 5.83. The number of thiophene rings is 1. The lowest BCUT2D eigenvalue weighted by Gasteiger charge is -2.04. The van der Waals surface area contributed by atoms with E-state index in [0.717, 1.165) is 16.9 Å². The van der Waals surface area contributed by atoms with Crippen molar-refractivity contribution in [2.24, 2.45) is 12.8 Å². The molecule has 0 aliphatic rings. The normalized spacial score (nSPS) is 10.4. The van der Waals surface area contributed by atoms with E-state index in [1.807, 2.05) is 13.2 Å². The molecule has 0 unspecified atom stereocenters. The molecule has 0 saturated carbocycles. The summed E-state index contributed by atoms with van der Waals surface area (Å²) in [5.41, 5.74) is 12.4. The molecule has 0 aliphatic heterocycles. The number of amides is 2. The third-order valence-electron chi connectivity index (χ3n) is 2.84. The lowest BCUT2D eigenvalue weighted by Crippen LogP contribution is -2.19. The van der Waals surface area contributed by atoms with Gasteiger partial charge in [-0.1, -0.05) is 0 Å². The van der Waals surface area contributed by atoms with Crippen LogP contribution in [0.1, 0.15) is 25.6 Å². The molecule has 2 amide bonds. The van der Waals surface area contributed by atoms with Crippen LogP contribution < -0.4 is 22.1 Å². The highest BCUT2D eigenvalue weighted by molar-refractivity contribution is 7.19. The van der Waals surface area contributed by atoms with E-state index < -0.39 is 5.91 Å². The van der Waals surface area contributed by atoms with Gasteiger partial charge in [-0.15, -0.1) is 11.3 Å². The minimum Gasteiger partial charge on any atom is -0.397 e. The Labute approximate surface area is 125 Å². The molecule has 0 spiro atoms. The maximum absolute atomic E-state index is 11.7. The van der Waals surface area contributed by atoms with Gasteiger partial charge in [0.15, 0.2) is 0 Å². The summed E-state index contributed by atoms with van der Waals surface area (Å²) >= 11 is 1.10. The summed E-state index contributed by atoms with van der Waals surface area (Å²) in [5, 5.41) is 10.1. The van der Waals surface area contributed by atoms with Crippen LogP contribution in [0.4, 0.5) is 10.7 Å². The Morgan fingerprint density at radius 1 is 1.48 bits per heavy atom. The number of carbonyl (C=O) groups excluding carboxylic acids is 2. The molecule has 2 rings (SSSR count). The lowest BCUT2D eigenvalue weighted by molar-refractivity contribution is 0.0967. The highest BCUT2D eigenvalue weighted by atomic mass is 32.1. The molecular weight excluding hydrogens is 292 g/mol. The zero-order valence-corrected chi connectivity index (χ0v) is 12.5. The van der Waals surface area contributed by atoms with E-state index in [-0.39, 0.29) is 22.0 Å². The summed E-state index contributed by atoms with van der Waals surface area (Å²) in [4.78, 5) is 23.5. The maximum atomic E-state index is 11.7. The Kier molecular flexibility index (Phi) is 4.13. The van der Waals surface area contributed by atoms with Gasteiger partial charge < -0.3 is 22.1 Å². The number of nitrogens with two attached hydrogens (primary N) is 2. The zero-order valence-electron chi connectivity index (χ0n) is 11.6. The van der Waals surface area contributed by atoms with E-state index in [4.69, 9.17) is 11.5 Å². The van der Waals surface area contributed by atoms with Crippen molar-refractivity contribution in [3.63, 3.8) is 0 Å². The van der Waals surface area contributed by atoms with Gasteiger partial charge in [-0.3, -0.25) is 14.3 Å². The summed E-state index contributed by atoms with van der Waals surface area (Å²) in [6, 6.07) is 0. The van der Waals surface area contributed by atoms with Crippen LogP contribution in [0, 0.1) is 0 Å². The predicted octanol–water partition coefficient (Wildman–Crippen LogP) is 0.134. The lowest BCUT2D eigenvalue weighted by atomic mass is 10.2. The van der Waals surface area contributed by atoms with Gasteiger partial charge in [-0.2, -0.15) is 5.10 Å². The molecule has 2 aromatic rings. The average Bonchev–Trinajstić information content (AvgIpc) is 2.99. The van der Waals surface area contributed by atoms with Gasteiger partial charge in [-0.05, 0) is 0 Å². The number of nitrogens with one attached hydrogen (secondary N) is 2. The molecule has 6 N–H and O–H groups in total. The first-order chi connectivity index (χ1) is 9.93. The standard InChI is InChI=1S/C12H16N6O2S/c1-15-11(20)9-8(13)7(10(14)19)12(21-9)16-3-6-4-17-18(2)5-6/h4-5,16H,3,13H2,1-2H3,(H2,14,19)(H,15,20). The maximum Gasteiger partial charge on any atom is 0.263 e. The predicted molar refractivity (Wildman–Crippen MR) is 81.2 cm³/mol. The van der Waals surface area contributed by atoms with Crippen LogP contribution >= 0.6 is 11.3 Å². The van der Waals surface area contributed by atoms with Gasteiger partial charge in [-0.25, -0.2) is 0 Å². The molecule has 112 valence electrons. The van der Waals surface area contributed by atoms with Crippen LogP contribution in [0.25, 0.3) is 0 Å². The van der Waals surface area contributed by atoms with Crippen molar-refractivity contribution < 1.29 is 9.59 Å². The second-order valence-electron chi connectivity index (χ2n) is 4.37. The first-order valence-electron chi connectivity index (χ1n) is 6.09. The largest absolute Gasteiger partial charge is 0.397 e. The Bertz CT molecular complexity index is 690. The van der Waals surface area contributed by atoms with Crippen LogP contribution in [0.5, 0.6) is 0 Å². The van der Waals surface area contributed by atoms with E-state index in [1.54, 1.807) is 10.9 Å². The number of aryl methyl sites for hydroxylation is 1. The highest BCUT2D eigenvalue weighted by Gasteiger charge is 2.23. The number of carbonyl (C=O) groups is 2. The number of hydrogen-bond acceptors (Lipinski definition) is 6. The molecule has 0 bridgehead atoms. The molecule has 9 heteroatoms. The average molecular weight is 308 g/mol. The monoisotopic (exact) mass is 308 g/mol. The molecule has 0 atom stereocenters. The van der Waals surface area contributed by atoms with Crippen LogP contribution in [0.15, 0.2) is 12.4 Å². The summed E-state index contributed by atoms with van der Waals surface area (Å²) in [6.07, 6.45) is 3.54. The van der Waals surface area contributed by atoms with Gasteiger partial charge in [0.1, 0.15) is 9.88 Å². The minimum absolute atomic E-state index is 0.0977. The summed E-state index contributed by atoms with van der Waals surface area (Å²) < 4.78 is 1.67. The van der Waals surface area contributed by atoms with Crippen molar-refractivity contribution >= 4 is 33.8 Å². The van der Waals surface area contributed by atoms with Crippen molar-refractivity contribution in [2.75, 3.05) is 18.1 Å².